The van der Waals surface area contributed by atoms with Crippen molar-refractivity contribution in [2.75, 3.05) is 0 Å². The lowest BCUT2D eigenvalue weighted by atomic mass is 9.88. The monoisotopic (exact) mass is 393 g/mol. The Morgan fingerprint density at radius 2 is 1.57 bits per heavy atom. The van der Waals surface area contributed by atoms with Gasteiger partial charge in [-0.3, -0.25) is 4.57 Å². The zero-order chi connectivity index (χ0) is 20.7. The molecule has 4 nitrogen and oxygen atoms in total. The van der Waals surface area contributed by atoms with E-state index < -0.39 is 0 Å². The van der Waals surface area contributed by atoms with Crippen LogP contribution in [0.4, 0.5) is 0 Å². The first-order valence-corrected chi connectivity index (χ1v) is 10.1. The van der Waals surface area contributed by atoms with Gasteiger partial charge in [-0.2, -0.15) is 4.98 Å². The van der Waals surface area contributed by atoms with E-state index in [2.05, 4.69) is 61.7 Å². The molecule has 0 spiro atoms. The summed E-state index contributed by atoms with van der Waals surface area (Å²) in [5.41, 5.74) is 3.18. The fourth-order valence-corrected chi connectivity index (χ4v) is 3.73. The average molecular weight is 393 g/mol. The summed E-state index contributed by atoms with van der Waals surface area (Å²) >= 11 is 0. The van der Waals surface area contributed by atoms with Gasteiger partial charge in [-0.25, -0.2) is 4.98 Å². The smallest absolute Gasteiger partial charge is 0.221 e. The van der Waals surface area contributed by atoms with E-state index in [1.54, 1.807) is 0 Å². The number of rotatable bonds is 3. The predicted molar refractivity (Wildman–Crippen MR) is 122 cm³/mol. The number of pyridine rings is 2. The fourth-order valence-electron chi connectivity index (χ4n) is 3.73. The summed E-state index contributed by atoms with van der Waals surface area (Å²) in [6.07, 6.45) is 1.88. The van der Waals surface area contributed by atoms with Crippen molar-refractivity contribution in [3.05, 3.63) is 90.6 Å². The van der Waals surface area contributed by atoms with Gasteiger partial charge in [0.05, 0.1) is 5.52 Å². The Bertz CT molecular complexity index is 1350. The van der Waals surface area contributed by atoms with Crippen LogP contribution in [0.1, 0.15) is 26.3 Å². The minimum atomic E-state index is 0.0332. The van der Waals surface area contributed by atoms with Gasteiger partial charge in [0.1, 0.15) is 11.6 Å². The lowest BCUT2D eigenvalue weighted by Gasteiger charge is -2.19. The molecule has 0 atom stereocenters. The second-order valence-electron chi connectivity index (χ2n) is 8.44. The van der Waals surface area contributed by atoms with Gasteiger partial charge in [-0.1, -0.05) is 57.2 Å². The largest absolute Gasteiger partial charge is 0.439 e. The van der Waals surface area contributed by atoms with Crippen LogP contribution in [0.15, 0.2) is 85.1 Å². The summed E-state index contributed by atoms with van der Waals surface area (Å²) in [5, 5.41) is 2.23. The van der Waals surface area contributed by atoms with Crippen molar-refractivity contribution in [3.63, 3.8) is 0 Å². The van der Waals surface area contributed by atoms with E-state index in [0.29, 0.717) is 5.88 Å². The topological polar surface area (TPSA) is 39.9 Å². The second-order valence-corrected chi connectivity index (χ2v) is 8.44. The quantitative estimate of drug-likeness (QED) is 0.344. The lowest BCUT2D eigenvalue weighted by Crippen LogP contribution is -2.12. The molecule has 0 saturated heterocycles. The average Bonchev–Trinajstić information content (AvgIpc) is 3.07. The van der Waals surface area contributed by atoms with Crippen LogP contribution in [0.25, 0.3) is 27.8 Å². The standard InChI is InChI=1S/C26H23N3O/c1-26(2,3)18-15-16-27-23(17-18)29-22-12-8-7-11-20(22)21-13-14-24(28-25(21)29)30-19-9-5-4-6-10-19/h4-17H,1-3H3. The van der Waals surface area contributed by atoms with Crippen LogP contribution in [0.2, 0.25) is 0 Å². The molecule has 0 aliphatic carbocycles. The highest BCUT2D eigenvalue weighted by molar-refractivity contribution is 6.07. The van der Waals surface area contributed by atoms with E-state index in [0.717, 1.165) is 33.5 Å². The fraction of sp³-hybridized carbons (Fsp3) is 0.154. The first-order chi connectivity index (χ1) is 14.5. The van der Waals surface area contributed by atoms with Gasteiger partial charge in [-0.15, -0.1) is 0 Å². The molecule has 0 unspecified atom stereocenters. The van der Waals surface area contributed by atoms with Gasteiger partial charge in [0.25, 0.3) is 0 Å². The Morgan fingerprint density at radius 3 is 2.37 bits per heavy atom. The minimum Gasteiger partial charge on any atom is -0.439 e. The molecule has 0 saturated carbocycles. The van der Waals surface area contributed by atoms with E-state index in [1.165, 1.54) is 5.56 Å². The van der Waals surface area contributed by atoms with Crippen LogP contribution in [0.3, 0.4) is 0 Å². The van der Waals surface area contributed by atoms with Crippen molar-refractivity contribution in [1.82, 2.24) is 14.5 Å². The SMILES string of the molecule is CC(C)(C)c1ccnc(-n2c3ccccc3c3ccc(Oc4ccccc4)nc32)c1. The number of hydrogen-bond acceptors (Lipinski definition) is 3. The highest BCUT2D eigenvalue weighted by atomic mass is 16.5. The first kappa shape index (κ1) is 18.4. The van der Waals surface area contributed by atoms with Crippen LogP contribution < -0.4 is 4.74 Å². The van der Waals surface area contributed by atoms with Gasteiger partial charge < -0.3 is 4.74 Å². The summed E-state index contributed by atoms with van der Waals surface area (Å²) in [6.45, 7) is 6.63. The van der Waals surface area contributed by atoms with Crippen LogP contribution in [0, 0.1) is 0 Å². The molecule has 0 aliphatic heterocycles. The Labute approximate surface area is 175 Å². The number of benzene rings is 2. The summed E-state index contributed by atoms with van der Waals surface area (Å²) in [6, 6.07) is 26.3. The Balaban J connectivity index is 1.74. The van der Waals surface area contributed by atoms with Crippen molar-refractivity contribution >= 4 is 21.9 Å². The Hall–Kier alpha value is -3.66. The molecule has 3 heterocycles. The van der Waals surface area contributed by atoms with Gasteiger partial charge in [0, 0.05) is 23.0 Å². The number of ether oxygens (including phenoxy) is 1. The van der Waals surface area contributed by atoms with Crippen LogP contribution in [0.5, 0.6) is 11.6 Å². The molecular weight excluding hydrogens is 370 g/mol. The third-order valence-corrected chi connectivity index (χ3v) is 5.30. The Kier molecular flexibility index (Phi) is 4.28. The summed E-state index contributed by atoms with van der Waals surface area (Å²) in [5.74, 6) is 2.18. The summed E-state index contributed by atoms with van der Waals surface area (Å²) < 4.78 is 8.13. The molecule has 5 rings (SSSR count). The van der Waals surface area contributed by atoms with Gasteiger partial charge in [-0.05, 0) is 47.4 Å². The third kappa shape index (κ3) is 3.20. The highest BCUT2D eigenvalue weighted by Crippen LogP contribution is 2.33. The number of para-hydroxylation sites is 2. The normalized spacial score (nSPS) is 11.8. The van der Waals surface area contributed by atoms with Gasteiger partial charge >= 0.3 is 0 Å². The molecule has 30 heavy (non-hydrogen) atoms. The molecule has 5 aromatic rings. The van der Waals surface area contributed by atoms with E-state index in [1.807, 2.05) is 48.7 Å². The van der Waals surface area contributed by atoms with Gasteiger partial charge in [0.2, 0.25) is 5.88 Å². The van der Waals surface area contributed by atoms with Crippen molar-refractivity contribution in [2.24, 2.45) is 0 Å². The zero-order valence-corrected chi connectivity index (χ0v) is 17.3. The van der Waals surface area contributed by atoms with E-state index in [9.17, 15) is 0 Å². The first-order valence-electron chi connectivity index (χ1n) is 10.1. The molecule has 4 heteroatoms. The summed E-state index contributed by atoms with van der Waals surface area (Å²) in [7, 11) is 0. The van der Waals surface area contributed by atoms with Gasteiger partial charge in [0.15, 0.2) is 5.65 Å². The molecule has 0 amide bonds. The van der Waals surface area contributed by atoms with Crippen molar-refractivity contribution in [1.29, 1.82) is 0 Å². The molecule has 0 radical (unpaired) electrons. The maximum absolute atomic E-state index is 6.01. The molecule has 2 aromatic carbocycles. The zero-order valence-electron chi connectivity index (χ0n) is 17.3. The van der Waals surface area contributed by atoms with E-state index in [4.69, 9.17) is 14.7 Å². The second kappa shape index (κ2) is 6.99. The molecule has 3 aromatic heterocycles. The molecule has 0 aliphatic rings. The minimum absolute atomic E-state index is 0.0332. The lowest BCUT2D eigenvalue weighted by molar-refractivity contribution is 0.464. The van der Waals surface area contributed by atoms with Crippen molar-refractivity contribution < 1.29 is 4.74 Å². The summed E-state index contributed by atoms with van der Waals surface area (Å²) in [4.78, 5) is 9.57. The maximum atomic E-state index is 6.01. The number of nitrogens with zero attached hydrogens (tertiary/aromatic N) is 3. The number of hydrogen-bond donors (Lipinski definition) is 0. The van der Waals surface area contributed by atoms with E-state index >= 15 is 0 Å². The predicted octanol–water partition coefficient (Wildman–Crippen LogP) is 6.66. The van der Waals surface area contributed by atoms with Crippen LogP contribution in [-0.4, -0.2) is 14.5 Å². The van der Waals surface area contributed by atoms with Crippen LogP contribution in [-0.2, 0) is 5.41 Å². The number of fused-ring (bicyclic) bond motifs is 3. The molecule has 148 valence electrons. The maximum Gasteiger partial charge on any atom is 0.221 e. The van der Waals surface area contributed by atoms with Crippen molar-refractivity contribution in [3.8, 4) is 17.4 Å². The third-order valence-electron chi connectivity index (χ3n) is 5.30. The van der Waals surface area contributed by atoms with Crippen LogP contribution >= 0.6 is 0 Å². The molecule has 0 bridgehead atoms. The number of aromatic nitrogens is 3. The molecular formula is C26H23N3O. The van der Waals surface area contributed by atoms with E-state index in [-0.39, 0.29) is 5.41 Å². The molecule has 0 N–H and O–H groups in total. The highest BCUT2D eigenvalue weighted by Gasteiger charge is 2.18. The molecule has 0 fully saturated rings. The Morgan fingerprint density at radius 1 is 0.800 bits per heavy atom. The van der Waals surface area contributed by atoms with Crippen molar-refractivity contribution in [2.45, 2.75) is 26.2 Å².